The molecule has 11 rings (SSSR count). The van der Waals surface area contributed by atoms with E-state index in [1.165, 1.54) is 21.5 Å². The molecular formula is C50H31N3O2. The Hall–Kier alpha value is -7.50. The fourth-order valence-corrected chi connectivity index (χ4v) is 7.55. The van der Waals surface area contributed by atoms with Gasteiger partial charge in [0.25, 0.3) is 0 Å². The van der Waals surface area contributed by atoms with Crippen LogP contribution in [-0.4, -0.2) is 9.97 Å². The number of hydrogen-bond donors (Lipinski definition) is 0. The lowest BCUT2D eigenvalue weighted by molar-refractivity contribution is 0.620. The van der Waals surface area contributed by atoms with E-state index in [-0.39, 0.29) is 0 Å². The molecule has 0 bridgehead atoms. The van der Waals surface area contributed by atoms with Crippen LogP contribution < -0.4 is 4.90 Å². The molecule has 0 spiro atoms. The van der Waals surface area contributed by atoms with Gasteiger partial charge in [-0.3, -0.25) is 0 Å². The first-order valence-corrected chi connectivity index (χ1v) is 18.3. The van der Waals surface area contributed by atoms with Gasteiger partial charge in [0.05, 0.1) is 1.37 Å². The molecule has 0 saturated heterocycles. The SMILES string of the molecule is [2H]c1cc(N(c2ccc3nc(-c4ccccc4)oc3c2)c2ccc3nc(-c4ccccc4)oc3c2)cc2ccc(-c3ccc4cc5ccccc5cc4c3)cc12. The van der Waals surface area contributed by atoms with E-state index in [0.29, 0.717) is 29.0 Å². The van der Waals surface area contributed by atoms with Crippen molar-refractivity contribution >= 4 is 71.6 Å². The summed E-state index contributed by atoms with van der Waals surface area (Å²) in [6.45, 7) is 0. The van der Waals surface area contributed by atoms with Crippen LogP contribution in [0.4, 0.5) is 17.1 Å². The molecule has 0 aliphatic rings. The standard InChI is InChI=1S/C50H31N3O2/c1-3-9-32(10-4-1)49-51-45-23-21-43(30-47(45)54-49)53(44-22-24-46-48(31-44)55-50(52-46)33-11-5-2-6-12-33)42-20-19-38-26-36(16-18-40(38)29-42)37-15-17-39-25-34-13-7-8-14-35(34)27-41(39)28-37/h1-31H/i19D. The van der Waals surface area contributed by atoms with Crippen LogP contribution in [0.25, 0.3) is 88.6 Å². The molecule has 0 unspecified atom stereocenters. The van der Waals surface area contributed by atoms with Crippen LogP contribution in [0, 0.1) is 0 Å². The summed E-state index contributed by atoms with van der Waals surface area (Å²) >= 11 is 0. The predicted octanol–water partition coefficient (Wildman–Crippen LogP) is 13.9. The maximum absolute atomic E-state index is 9.38. The van der Waals surface area contributed by atoms with Gasteiger partial charge >= 0.3 is 0 Å². The molecule has 9 aromatic carbocycles. The molecule has 0 aliphatic carbocycles. The van der Waals surface area contributed by atoms with Gasteiger partial charge in [-0.15, -0.1) is 0 Å². The topological polar surface area (TPSA) is 55.3 Å². The Morgan fingerprint density at radius 1 is 0.364 bits per heavy atom. The van der Waals surface area contributed by atoms with Crippen LogP contribution in [0.3, 0.4) is 0 Å². The molecule has 0 fully saturated rings. The van der Waals surface area contributed by atoms with Crippen LogP contribution in [0.5, 0.6) is 0 Å². The van der Waals surface area contributed by atoms with Crippen LogP contribution in [0.15, 0.2) is 197 Å². The Bertz CT molecular complexity index is 3160. The van der Waals surface area contributed by atoms with Crippen LogP contribution >= 0.6 is 0 Å². The highest BCUT2D eigenvalue weighted by Crippen LogP contribution is 2.40. The Morgan fingerprint density at radius 3 is 1.42 bits per heavy atom. The average Bonchev–Trinajstić information content (AvgIpc) is 3.88. The van der Waals surface area contributed by atoms with Gasteiger partial charge in [-0.2, -0.15) is 0 Å². The Kier molecular flexibility index (Phi) is 6.86. The van der Waals surface area contributed by atoms with Crippen LogP contribution in [-0.2, 0) is 0 Å². The Labute approximate surface area is 317 Å². The zero-order valence-electron chi connectivity index (χ0n) is 30.5. The summed E-state index contributed by atoms with van der Waals surface area (Å²) in [7, 11) is 0. The van der Waals surface area contributed by atoms with E-state index in [2.05, 4.69) is 83.8 Å². The number of hydrogen-bond acceptors (Lipinski definition) is 5. The number of benzene rings is 9. The van der Waals surface area contributed by atoms with Crippen molar-refractivity contribution in [3.8, 4) is 34.0 Å². The number of rotatable bonds is 6. The summed E-state index contributed by atoms with van der Waals surface area (Å²) in [4.78, 5) is 11.7. The van der Waals surface area contributed by atoms with Gasteiger partial charge in [0.1, 0.15) is 11.0 Å². The lowest BCUT2D eigenvalue weighted by Crippen LogP contribution is -2.09. The molecule has 258 valence electrons. The van der Waals surface area contributed by atoms with Gasteiger partial charge in [-0.05, 0) is 128 Å². The molecule has 0 radical (unpaired) electrons. The molecule has 0 atom stereocenters. The Morgan fingerprint density at radius 2 is 0.836 bits per heavy atom. The molecule has 5 heteroatoms. The van der Waals surface area contributed by atoms with E-state index in [9.17, 15) is 1.37 Å². The number of fused-ring (bicyclic) bond motifs is 5. The van der Waals surface area contributed by atoms with E-state index < -0.39 is 0 Å². The number of nitrogens with zero attached hydrogens (tertiary/aromatic N) is 3. The van der Waals surface area contributed by atoms with E-state index >= 15 is 0 Å². The molecule has 0 aliphatic heterocycles. The van der Waals surface area contributed by atoms with Crippen LogP contribution in [0.2, 0.25) is 0 Å². The molecular weight excluding hydrogens is 675 g/mol. The van der Waals surface area contributed by atoms with Crippen molar-refractivity contribution in [1.29, 1.82) is 0 Å². The third-order valence-electron chi connectivity index (χ3n) is 10.3. The van der Waals surface area contributed by atoms with Gasteiger partial charge in [0.2, 0.25) is 11.8 Å². The first-order chi connectivity index (χ1) is 27.6. The largest absolute Gasteiger partial charge is 0.436 e. The maximum atomic E-state index is 9.38. The van der Waals surface area contributed by atoms with E-state index in [4.69, 9.17) is 18.8 Å². The average molecular weight is 707 g/mol. The van der Waals surface area contributed by atoms with Crippen molar-refractivity contribution in [3.63, 3.8) is 0 Å². The van der Waals surface area contributed by atoms with Crippen molar-refractivity contribution in [2.45, 2.75) is 0 Å². The van der Waals surface area contributed by atoms with Crippen molar-refractivity contribution in [2.75, 3.05) is 4.90 Å². The van der Waals surface area contributed by atoms with Gasteiger partial charge in [-0.25, -0.2) is 9.97 Å². The maximum Gasteiger partial charge on any atom is 0.227 e. The third-order valence-corrected chi connectivity index (χ3v) is 10.3. The second-order valence-electron chi connectivity index (χ2n) is 13.8. The zero-order valence-corrected chi connectivity index (χ0v) is 29.5. The quantitative estimate of drug-likeness (QED) is 0.161. The lowest BCUT2D eigenvalue weighted by atomic mass is 9.97. The summed E-state index contributed by atoms with van der Waals surface area (Å²) in [6.07, 6.45) is 0. The van der Waals surface area contributed by atoms with Crippen molar-refractivity contribution in [2.24, 2.45) is 0 Å². The highest BCUT2D eigenvalue weighted by molar-refractivity contribution is 6.01. The van der Waals surface area contributed by atoms with E-state index in [1.54, 1.807) is 0 Å². The zero-order chi connectivity index (χ0) is 37.2. The molecule has 2 aromatic heterocycles. The smallest absolute Gasteiger partial charge is 0.227 e. The van der Waals surface area contributed by atoms with Gasteiger partial charge in [0.15, 0.2) is 11.2 Å². The molecule has 0 amide bonds. The second-order valence-corrected chi connectivity index (χ2v) is 13.8. The molecule has 11 aromatic rings. The van der Waals surface area contributed by atoms with Gasteiger partial charge < -0.3 is 13.7 Å². The first kappa shape index (κ1) is 30.0. The molecule has 5 nitrogen and oxygen atoms in total. The number of oxazole rings is 2. The normalized spacial score (nSPS) is 11.9. The molecule has 0 N–H and O–H groups in total. The Balaban J connectivity index is 1.03. The third kappa shape index (κ3) is 5.58. The van der Waals surface area contributed by atoms with E-state index in [1.807, 2.05) is 103 Å². The minimum Gasteiger partial charge on any atom is -0.436 e. The predicted molar refractivity (Wildman–Crippen MR) is 225 cm³/mol. The minimum atomic E-state index is 0.426. The fraction of sp³-hybridized carbons (Fsp3) is 0. The lowest BCUT2D eigenvalue weighted by Gasteiger charge is -2.25. The van der Waals surface area contributed by atoms with E-state index in [0.717, 1.165) is 61.1 Å². The second kappa shape index (κ2) is 12.6. The highest BCUT2D eigenvalue weighted by atomic mass is 16.4. The summed E-state index contributed by atoms with van der Waals surface area (Å²) in [5, 5.41) is 6.70. The summed E-state index contributed by atoms with van der Waals surface area (Å²) in [5.74, 6) is 1.13. The van der Waals surface area contributed by atoms with Crippen molar-refractivity contribution in [1.82, 2.24) is 9.97 Å². The minimum absolute atomic E-state index is 0.426. The monoisotopic (exact) mass is 706 g/mol. The molecule has 2 heterocycles. The van der Waals surface area contributed by atoms with Gasteiger partial charge in [0, 0.05) is 40.3 Å². The molecule has 0 saturated carbocycles. The fourth-order valence-electron chi connectivity index (χ4n) is 7.55. The number of aromatic nitrogens is 2. The summed E-state index contributed by atoms with van der Waals surface area (Å²) in [6, 6.07) is 62.4. The summed E-state index contributed by atoms with van der Waals surface area (Å²) < 4.78 is 22.0. The summed E-state index contributed by atoms with van der Waals surface area (Å²) in [5.41, 5.74) is 9.41. The van der Waals surface area contributed by atoms with Crippen molar-refractivity contribution < 1.29 is 10.2 Å². The van der Waals surface area contributed by atoms with Crippen molar-refractivity contribution in [3.05, 3.63) is 188 Å². The van der Waals surface area contributed by atoms with Gasteiger partial charge in [-0.1, -0.05) is 91.0 Å². The molecule has 55 heavy (non-hydrogen) atoms. The highest BCUT2D eigenvalue weighted by Gasteiger charge is 2.19. The number of anilines is 3. The first-order valence-electron chi connectivity index (χ1n) is 18.8. The van der Waals surface area contributed by atoms with Crippen LogP contribution in [0.1, 0.15) is 1.37 Å².